The molecule has 7 heteroatoms. The van der Waals surface area contributed by atoms with Crippen LogP contribution in [0, 0.1) is 0 Å². The molecule has 1 unspecified atom stereocenters. The Balaban J connectivity index is 2.68. The van der Waals surface area contributed by atoms with Gasteiger partial charge < -0.3 is 15.8 Å². The van der Waals surface area contributed by atoms with Gasteiger partial charge in [-0.25, -0.2) is 0 Å². The smallest absolute Gasteiger partial charge is 0.380 e. The molecule has 3 N–H and O–H groups in total. The number of alkyl halides is 3. The lowest BCUT2D eigenvalue weighted by molar-refractivity contribution is -0.187. The maximum absolute atomic E-state index is 12.6. The van der Waals surface area contributed by atoms with Crippen molar-refractivity contribution < 1.29 is 22.7 Å². The van der Waals surface area contributed by atoms with Crippen molar-refractivity contribution in [2.45, 2.75) is 31.8 Å². The molecule has 0 aliphatic heterocycles. The summed E-state index contributed by atoms with van der Waals surface area (Å²) in [6.07, 6.45) is -4.80. The molecule has 0 aliphatic carbocycles. The first-order valence-corrected chi connectivity index (χ1v) is 5.89. The third-order valence-corrected chi connectivity index (χ3v) is 2.82. The minimum Gasteiger partial charge on any atom is -0.380 e. The van der Waals surface area contributed by atoms with Gasteiger partial charge in [0, 0.05) is 13.7 Å². The molecule has 0 aromatic heterocycles. The van der Waals surface area contributed by atoms with Crippen molar-refractivity contribution in [3.63, 3.8) is 0 Å². The van der Waals surface area contributed by atoms with E-state index in [4.69, 9.17) is 10.5 Å². The largest absolute Gasteiger partial charge is 0.415 e. The summed E-state index contributed by atoms with van der Waals surface area (Å²) in [6, 6.07) is 6.99. The number of nitrogens with two attached hydrogens (primary N) is 1. The van der Waals surface area contributed by atoms with Crippen LogP contribution in [0.25, 0.3) is 0 Å². The molecule has 1 aromatic rings. The number of carbonyl (C=O) groups excluding carboxylic acids is 1. The molecule has 1 amide bonds. The molecule has 0 spiro atoms. The van der Waals surface area contributed by atoms with Gasteiger partial charge in [0.1, 0.15) is 0 Å². The molecule has 0 bridgehead atoms. The van der Waals surface area contributed by atoms with E-state index in [0.29, 0.717) is 19.1 Å². The fourth-order valence-electron chi connectivity index (χ4n) is 1.49. The van der Waals surface area contributed by atoms with Crippen molar-refractivity contribution in [2.24, 2.45) is 5.73 Å². The molecular formula is C13H17F3N2O2. The first-order chi connectivity index (χ1) is 9.18. The summed E-state index contributed by atoms with van der Waals surface area (Å²) in [5.74, 6) is -1.26. The van der Waals surface area contributed by atoms with Gasteiger partial charge >= 0.3 is 6.18 Å². The van der Waals surface area contributed by atoms with E-state index in [0.717, 1.165) is 5.56 Å². The number of halogens is 3. The molecule has 20 heavy (non-hydrogen) atoms. The Morgan fingerprint density at radius 3 is 2.50 bits per heavy atom. The third kappa shape index (κ3) is 3.94. The Labute approximate surface area is 115 Å². The lowest BCUT2D eigenvalue weighted by atomic mass is 10.0. The van der Waals surface area contributed by atoms with Crippen LogP contribution < -0.4 is 11.1 Å². The molecule has 4 nitrogen and oxygen atoms in total. The zero-order valence-electron chi connectivity index (χ0n) is 11.3. The Morgan fingerprint density at radius 2 is 1.95 bits per heavy atom. The van der Waals surface area contributed by atoms with Crippen LogP contribution in [0.15, 0.2) is 24.3 Å². The molecule has 0 saturated heterocycles. The quantitative estimate of drug-likeness (QED) is 0.868. The zero-order valence-corrected chi connectivity index (χ0v) is 11.3. The van der Waals surface area contributed by atoms with E-state index in [1.54, 1.807) is 18.2 Å². The van der Waals surface area contributed by atoms with Gasteiger partial charge in [-0.05, 0) is 18.1 Å². The SMILES string of the molecule is COCc1cccc(CNC(=O)C(C)(N)C(F)(F)F)c1. The fourth-order valence-corrected chi connectivity index (χ4v) is 1.49. The first-order valence-electron chi connectivity index (χ1n) is 5.89. The van der Waals surface area contributed by atoms with Crippen LogP contribution in [-0.4, -0.2) is 24.7 Å². The summed E-state index contributed by atoms with van der Waals surface area (Å²) in [6.45, 7) is 1.00. The highest BCUT2D eigenvalue weighted by molar-refractivity contribution is 5.86. The van der Waals surface area contributed by atoms with E-state index < -0.39 is 17.6 Å². The van der Waals surface area contributed by atoms with Crippen LogP contribution in [0.4, 0.5) is 13.2 Å². The summed E-state index contributed by atoms with van der Waals surface area (Å²) in [5.41, 5.74) is 3.65. The lowest BCUT2D eigenvalue weighted by Gasteiger charge is -2.26. The van der Waals surface area contributed by atoms with Gasteiger partial charge in [0.05, 0.1) is 6.61 Å². The first kappa shape index (κ1) is 16.5. The number of methoxy groups -OCH3 is 1. The molecule has 0 radical (unpaired) electrons. The highest BCUT2D eigenvalue weighted by Gasteiger charge is 2.53. The number of nitrogens with one attached hydrogen (secondary N) is 1. The van der Waals surface area contributed by atoms with E-state index in [2.05, 4.69) is 5.32 Å². The Kier molecular flexibility index (Phi) is 5.13. The molecule has 112 valence electrons. The number of hydrogen-bond acceptors (Lipinski definition) is 3. The van der Waals surface area contributed by atoms with Crippen molar-refractivity contribution in [1.29, 1.82) is 0 Å². The number of benzene rings is 1. The van der Waals surface area contributed by atoms with Crippen molar-refractivity contribution in [3.8, 4) is 0 Å². The second kappa shape index (κ2) is 6.23. The fraction of sp³-hybridized carbons (Fsp3) is 0.462. The molecule has 0 saturated carbocycles. The van der Waals surface area contributed by atoms with E-state index in [-0.39, 0.29) is 6.54 Å². The number of amides is 1. The van der Waals surface area contributed by atoms with Gasteiger partial charge in [0.2, 0.25) is 5.91 Å². The number of ether oxygens (including phenoxy) is 1. The van der Waals surface area contributed by atoms with Crippen molar-refractivity contribution in [2.75, 3.05) is 7.11 Å². The second-order valence-corrected chi connectivity index (χ2v) is 4.64. The molecule has 0 heterocycles. The maximum Gasteiger partial charge on any atom is 0.415 e. The van der Waals surface area contributed by atoms with Crippen LogP contribution in [0.5, 0.6) is 0 Å². The minimum atomic E-state index is -4.80. The van der Waals surface area contributed by atoms with Gasteiger partial charge in [0.25, 0.3) is 0 Å². The van der Waals surface area contributed by atoms with Gasteiger partial charge in [-0.3, -0.25) is 4.79 Å². The molecule has 0 aliphatic rings. The molecular weight excluding hydrogens is 273 g/mol. The van der Waals surface area contributed by atoms with Crippen molar-refractivity contribution >= 4 is 5.91 Å². The highest BCUT2D eigenvalue weighted by atomic mass is 19.4. The molecule has 1 rings (SSSR count). The third-order valence-electron chi connectivity index (χ3n) is 2.82. The van der Waals surface area contributed by atoms with E-state index in [9.17, 15) is 18.0 Å². The summed E-state index contributed by atoms with van der Waals surface area (Å²) in [7, 11) is 1.54. The monoisotopic (exact) mass is 290 g/mol. The molecule has 0 fully saturated rings. The summed E-state index contributed by atoms with van der Waals surface area (Å²) in [5, 5.41) is 2.19. The van der Waals surface area contributed by atoms with Crippen LogP contribution in [0.3, 0.4) is 0 Å². The summed E-state index contributed by atoms with van der Waals surface area (Å²) < 4.78 is 42.7. The molecule has 1 atom stereocenters. The number of hydrogen-bond donors (Lipinski definition) is 2. The van der Waals surface area contributed by atoms with E-state index >= 15 is 0 Å². The predicted octanol–water partition coefficient (Wildman–Crippen LogP) is 1.73. The van der Waals surface area contributed by atoms with Gasteiger partial charge in [-0.1, -0.05) is 24.3 Å². The van der Waals surface area contributed by atoms with Gasteiger partial charge in [-0.2, -0.15) is 13.2 Å². The lowest BCUT2D eigenvalue weighted by Crippen LogP contribution is -2.61. The average molecular weight is 290 g/mol. The Morgan fingerprint density at radius 1 is 1.35 bits per heavy atom. The zero-order chi connectivity index (χ0) is 15.4. The van der Waals surface area contributed by atoms with E-state index in [1.165, 1.54) is 7.11 Å². The highest BCUT2D eigenvalue weighted by Crippen LogP contribution is 2.27. The van der Waals surface area contributed by atoms with Crippen LogP contribution >= 0.6 is 0 Å². The Hall–Kier alpha value is -1.60. The van der Waals surface area contributed by atoms with Crippen LogP contribution in [0.1, 0.15) is 18.1 Å². The van der Waals surface area contributed by atoms with Gasteiger partial charge in [0.15, 0.2) is 5.54 Å². The topological polar surface area (TPSA) is 64.3 Å². The summed E-state index contributed by atoms with van der Waals surface area (Å²) in [4.78, 5) is 11.5. The standard InChI is InChI=1S/C13H17F3N2O2/c1-12(17,13(14,15)16)11(19)18-7-9-4-3-5-10(6-9)8-20-2/h3-6H,7-8,17H2,1-2H3,(H,18,19). The molecule has 1 aromatic carbocycles. The van der Waals surface area contributed by atoms with Crippen molar-refractivity contribution in [1.82, 2.24) is 5.32 Å². The average Bonchev–Trinajstić information content (AvgIpc) is 2.35. The van der Waals surface area contributed by atoms with Gasteiger partial charge in [-0.15, -0.1) is 0 Å². The predicted molar refractivity (Wildman–Crippen MR) is 67.6 cm³/mol. The van der Waals surface area contributed by atoms with Crippen LogP contribution in [0.2, 0.25) is 0 Å². The maximum atomic E-state index is 12.6. The second-order valence-electron chi connectivity index (χ2n) is 4.64. The van der Waals surface area contributed by atoms with E-state index in [1.807, 2.05) is 6.07 Å². The van der Waals surface area contributed by atoms with Crippen molar-refractivity contribution in [3.05, 3.63) is 35.4 Å². The minimum absolute atomic E-state index is 0.0285. The summed E-state index contributed by atoms with van der Waals surface area (Å²) >= 11 is 0. The Bertz CT molecular complexity index is 473. The van der Waals surface area contributed by atoms with Crippen LogP contribution in [-0.2, 0) is 22.7 Å². The normalized spacial score (nSPS) is 14.7. The number of rotatable bonds is 5. The number of carbonyl (C=O) groups is 1.